The predicted molar refractivity (Wildman–Crippen MR) is 104 cm³/mol. The minimum Gasteiger partial charge on any atom is -0.490 e. The van der Waals surface area contributed by atoms with Gasteiger partial charge in [-0.1, -0.05) is 60.7 Å². The van der Waals surface area contributed by atoms with Gasteiger partial charge >= 0.3 is 0 Å². The largest absolute Gasteiger partial charge is 0.490 e. The Morgan fingerprint density at radius 1 is 1.00 bits per heavy atom. The maximum Gasteiger partial charge on any atom is 0.122 e. The molecule has 0 saturated carbocycles. The fourth-order valence-corrected chi connectivity index (χ4v) is 3.78. The van der Waals surface area contributed by atoms with Crippen LogP contribution in [-0.4, -0.2) is 12.6 Å². The van der Waals surface area contributed by atoms with Gasteiger partial charge in [-0.25, -0.2) is 0 Å². The average molecular weight is 331 g/mol. The summed E-state index contributed by atoms with van der Waals surface area (Å²) >= 11 is 0. The Morgan fingerprint density at radius 2 is 1.80 bits per heavy atom. The first-order valence-corrected chi connectivity index (χ1v) is 9.27. The number of aryl methyl sites for hydroxylation is 1. The molecule has 128 valence electrons. The van der Waals surface area contributed by atoms with E-state index in [2.05, 4.69) is 79.0 Å². The summed E-state index contributed by atoms with van der Waals surface area (Å²) in [6, 6.07) is 23.9. The highest BCUT2D eigenvalue weighted by Crippen LogP contribution is 2.28. The summed E-state index contributed by atoms with van der Waals surface area (Å²) in [5, 5.41) is 6.33. The van der Waals surface area contributed by atoms with E-state index in [1.54, 1.807) is 0 Å². The Balaban J connectivity index is 1.36. The monoisotopic (exact) mass is 331 g/mol. The molecule has 0 spiro atoms. The zero-order valence-corrected chi connectivity index (χ0v) is 14.7. The van der Waals surface area contributed by atoms with Gasteiger partial charge in [0.15, 0.2) is 0 Å². The van der Waals surface area contributed by atoms with Crippen molar-refractivity contribution in [2.24, 2.45) is 0 Å². The Kier molecular flexibility index (Phi) is 4.71. The standard InChI is InChI=1S/C23H25NO/c1-17(21-11-6-9-18-7-2-4-10-22(18)21)24-16-15-20-14-13-19-8-3-5-12-23(19)25-20/h2-12,17,20,24H,13-16H2,1H3/t17?,20-/m0/s1. The van der Waals surface area contributed by atoms with Crippen molar-refractivity contribution in [3.05, 3.63) is 77.9 Å². The molecule has 1 unspecified atom stereocenters. The normalized spacial score (nSPS) is 17.7. The maximum atomic E-state index is 6.15. The molecule has 1 aliphatic heterocycles. The van der Waals surface area contributed by atoms with E-state index >= 15 is 0 Å². The van der Waals surface area contributed by atoms with Crippen LogP contribution in [0.1, 0.15) is 36.9 Å². The molecule has 25 heavy (non-hydrogen) atoms. The topological polar surface area (TPSA) is 21.3 Å². The van der Waals surface area contributed by atoms with Crippen LogP contribution in [0.5, 0.6) is 5.75 Å². The van der Waals surface area contributed by atoms with Gasteiger partial charge in [0, 0.05) is 6.04 Å². The molecule has 3 aromatic carbocycles. The molecule has 0 amide bonds. The zero-order chi connectivity index (χ0) is 17.1. The summed E-state index contributed by atoms with van der Waals surface area (Å²) in [6.07, 6.45) is 3.60. The molecule has 0 radical (unpaired) electrons. The van der Waals surface area contributed by atoms with Crippen molar-refractivity contribution in [3.63, 3.8) is 0 Å². The molecule has 0 aromatic heterocycles. The highest BCUT2D eigenvalue weighted by molar-refractivity contribution is 5.86. The van der Waals surface area contributed by atoms with Crippen molar-refractivity contribution in [3.8, 4) is 5.75 Å². The van der Waals surface area contributed by atoms with Crippen LogP contribution in [0.15, 0.2) is 66.7 Å². The molecule has 2 atom stereocenters. The molecular formula is C23H25NO. The van der Waals surface area contributed by atoms with Crippen molar-refractivity contribution in [2.75, 3.05) is 6.54 Å². The molecule has 1 heterocycles. The van der Waals surface area contributed by atoms with Gasteiger partial charge in [-0.05, 0) is 60.7 Å². The zero-order valence-electron chi connectivity index (χ0n) is 14.7. The molecule has 0 saturated heterocycles. The molecule has 4 rings (SSSR count). The van der Waals surface area contributed by atoms with Crippen LogP contribution in [0.25, 0.3) is 10.8 Å². The van der Waals surface area contributed by atoms with E-state index in [9.17, 15) is 0 Å². The Labute approximate surface area is 149 Å². The van der Waals surface area contributed by atoms with Gasteiger partial charge in [0.05, 0.1) is 0 Å². The van der Waals surface area contributed by atoms with Crippen LogP contribution in [0, 0.1) is 0 Å². The molecule has 2 nitrogen and oxygen atoms in total. The third kappa shape index (κ3) is 3.54. The lowest BCUT2D eigenvalue weighted by atomic mass is 9.99. The summed E-state index contributed by atoms with van der Waals surface area (Å²) in [5.74, 6) is 1.07. The van der Waals surface area contributed by atoms with Crippen LogP contribution in [0.4, 0.5) is 0 Å². The summed E-state index contributed by atoms with van der Waals surface area (Å²) in [5.41, 5.74) is 2.71. The van der Waals surface area contributed by atoms with Gasteiger partial charge in [0.1, 0.15) is 11.9 Å². The number of rotatable bonds is 5. The second-order valence-corrected chi connectivity index (χ2v) is 6.92. The SMILES string of the molecule is CC(NCC[C@@H]1CCc2ccccc2O1)c1cccc2ccccc12. The first-order chi connectivity index (χ1) is 12.3. The van der Waals surface area contributed by atoms with Crippen molar-refractivity contribution in [2.45, 2.75) is 38.3 Å². The average Bonchev–Trinajstić information content (AvgIpc) is 2.67. The quantitative estimate of drug-likeness (QED) is 0.687. The van der Waals surface area contributed by atoms with Gasteiger partial charge in [-0.15, -0.1) is 0 Å². The van der Waals surface area contributed by atoms with Gasteiger partial charge in [-0.2, -0.15) is 0 Å². The highest BCUT2D eigenvalue weighted by Gasteiger charge is 2.19. The summed E-state index contributed by atoms with van der Waals surface area (Å²) in [7, 11) is 0. The first-order valence-electron chi connectivity index (χ1n) is 9.27. The van der Waals surface area contributed by atoms with Crippen LogP contribution >= 0.6 is 0 Å². The fourth-order valence-electron chi connectivity index (χ4n) is 3.78. The van der Waals surface area contributed by atoms with Crippen LogP contribution in [-0.2, 0) is 6.42 Å². The summed E-state index contributed by atoms with van der Waals surface area (Å²) in [6.45, 7) is 3.22. The minimum atomic E-state index is 0.321. The summed E-state index contributed by atoms with van der Waals surface area (Å²) in [4.78, 5) is 0. The number of hydrogen-bond acceptors (Lipinski definition) is 2. The molecule has 2 heteroatoms. The van der Waals surface area contributed by atoms with E-state index in [0.29, 0.717) is 12.1 Å². The predicted octanol–water partition coefficient (Wildman–Crippen LogP) is 5.27. The molecular weight excluding hydrogens is 306 g/mol. The van der Waals surface area contributed by atoms with E-state index in [1.165, 1.54) is 21.9 Å². The molecule has 1 N–H and O–H groups in total. The number of para-hydroxylation sites is 1. The molecule has 3 aromatic rings. The van der Waals surface area contributed by atoms with E-state index < -0.39 is 0 Å². The van der Waals surface area contributed by atoms with Gasteiger partial charge in [-0.3, -0.25) is 0 Å². The maximum absolute atomic E-state index is 6.15. The lowest BCUT2D eigenvalue weighted by molar-refractivity contribution is 0.162. The smallest absolute Gasteiger partial charge is 0.122 e. The van der Waals surface area contributed by atoms with E-state index in [0.717, 1.165) is 31.6 Å². The van der Waals surface area contributed by atoms with Crippen molar-refractivity contribution >= 4 is 10.8 Å². The minimum absolute atomic E-state index is 0.321. The molecule has 1 aliphatic rings. The van der Waals surface area contributed by atoms with Crippen molar-refractivity contribution in [1.82, 2.24) is 5.32 Å². The number of benzene rings is 3. The molecule has 0 fully saturated rings. The lowest BCUT2D eigenvalue weighted by Crippen LogP contribution is -2.29. The molecule has 0 bridgehead atoms. The third-order valence-electron chi connectivity index (χ3n) is 5.21. The number of fused-ring (bicyclic) bond motifs is 2. The first kappa shape index (κ1) is 16.2. The number of hydrogen-bond donors (Lipinski definition) is 1. The Hall–Kier alpha value is -2.32. The van der Waals surface area contributed by atoms with Crippen molar-refractivity contribution < 1.29 is 4.74 Å². The second kappa shape index (κ2) is 7.28. The van der Waals surface area contributed by atoms with E-state index in [-0.39, 0.29) is 0 Å². The van der Waals surface area contributed by atoms with Gasteiger partial charge in [0.25, 0.3) is 0 Å². The van der Waals surface area contributed by atoms with Crippen LogP contribution < -0.4 is 10.1 Å². The van der Waals surface area contributed by atoms with E-state index in [1.807, 2.05) is 0 Å². The Morgan fingerprint density at radius 3 is 2.76 bits per heavy atom. The fraction of sp³-hybridized carbons (Fsp3) is 0.304. The second-order valence-electron chi connectivity index (χ2n) is 6.92. The van der Waals surface area contributed by atoms with Crippen LogP contribution in [0.3, 0.4) is 0 Å². The van der Waals surface area contributed by atoms with Gasteiger partial charge < -0.3 is 10.1 Å². The van der Waals surface area contributed by atoms with Gasteiger partial charge in [0.2, 0.25) is 0 Å². The Bertz CT molecular complexity index is 852. The van der Waals surface area contributed by atoms with Crippen molar-refractivity contribution in [1.29, 1.82) is 0 Å². The van der Waals surface area contributed by atoms with E-state index in [4.69, 9.17) is 4.74 Å². The van der Waals surface area contributed by atoms with Crippen LogP contribution in [0.2, 0.25) is 0 Å². The number of nitrogens with one attached hydrogen (secondary N) is 1. The highest BCUT2D eigenvalue weighted by atomic mass is 16.5. The lowest BCUT2D eigenvalue weighted by Gasteiger charge is -2.26. The third-order valence-corrected chi connectivity index (χ3v) is 5.21. The summed E-state index contributed by atoms with van der Waals surface area (Å²) < 4.78 is 6.15. The molecule has 0 aliphatic carbocycles. The number of ether oxygens (including phenoxy) is 1.